The van der Waals surface area contributed by atoms with Crippen molar-refractivity contribution in [1.82, 2.24) is 0 Å². The first kappa shape index (κ1) is 25.1. The van der Waals surface area contributed by atoms with Crippen molar-refractivity contribution in [2.45, 2.75) is 83.7 Å². The Labute approximate surface area is 206 Å². The standard InChI is InChI=1S/C28H39B2N3O/c1-6-19-11-22-23(24(12-19)28(31,32)33)16-30(26(22)34)25-14-20(13-21(29-25)10-17(2)3)27(8-7-9-27)15-18(4)5/h11-14,17H,4,6-10,15-16,31-33H2,1-3,5H3. The van der Waals surface area contributed by atoms with Crippen molar-refractivity contribution in [2.24, 2.45) is 23.1 Å². The molecule has 1 saturated carbocycles. The van der Waals surface area contributed by atoms with E-state index in [0.717, 1.165) is 41.3 Å². The number of benzene rings is 1. The third kappa shape index (κ3) is 4.73. The minimum absolute atomic E-state index is 0.156. The van der Waals surface area contributed by atoms with E-state index in [1.165, 1.54) is 35.9 Å². The van der Waals surface area contributed by atoms with E-state index in [0.29, 0.717) is 17.8 Å². The summed E-state index contributed by atoms with van der Waals surface area (Å²) in [6, 6.07) is 8.69. The fourth-order valence-electron chi connectivity index (χ4n) is 6.08. The maximum atomic E-state index is 13.8. The molecule has 0 bridgehead atoms. The Morgan fingerprint density at radius 1 is 1.21 bits per heavy atom. The van der Waals surface area contributed by atoms with Crippen LogP contribution in [0.15, 0.2) is 36.4 Å². The average molecular weight is 455 g/mol. The first-order valence-electron chi connectivity index (χ1n) is 12.8. The van der Waals surface area contributed by atoms with Gasteiger partial charge in [0.2, 0.25) is 0 Å². The van der Waals surface area contributed by atoms with Crippen molar-refractivity contribution < 1.29 is 4.79 Å². The minimum atomic E-state index is -1.47. The van der Waals surface area contributed by atoms with Gasteiger partial charge in [0.05, 0.1) is 0 Å². The molecule has 34 heavy (non-hydrogen) atoms. The molecular weight excluding hydrogens is 416 g/mol. The van der Waals surface area contributed by atoms with Gasteiger partial charge in [0, 0.05) is 0 Å². The molecule has 1 aliphatic heterocycles. The molecule has 1 aromatic carbocycles. The van der Waals surface area contributed by atoms with Gasteiger partial charge in [-0.1, -0.05) is 0 Å². The zero-order valence-corrected chi connectivity index (χ0v) is 21.3. The van der Waals surface area contributed by atoms with Crippen molar-refractivity contribution in [3.05, 3.63) is 69.7 Å². The van der Waals surface area contributed by atoms with Crippen LogP contribution in [0, 0.1) is 5.92 Å². The van der Waals surface area contributed by atoms with Crippen LogP contribution in [0.5, 0.6) is 0 Å². The Hall–Kier alpha value is -2.01. The van der Waals surface area contributed by atoms with Gasteiger partial charge in [0.1, 0.15) is 0 Å². The van der Waals surface area contributed by atoms with Gasteiger partial charge in [-0.2, -0.15) is 0 Å². The SMILES string of the molecule is C=C(C)CC1(c2cc(CC(C)C)bc(B3Cc4c(cc(CC)cc4C(N)(N)N)C3=O)c2)CCC1. The van der Waals surface area contributed by atoms with Gasteiger partial charge in [-0.15, -0.1) is 0 Å². The molecule has 0 amide bonds. The van der Waals surface area contributed by atoms with Crippen LogP contribution in [0.1, 0.15) is 91.4 Å². The van der Waals surface area contributed by atoms with Crippen LogP contribution in [0.25, 0.3) is 0 Å². The fourth-order valence-corrected chi connectivity index (χ4v) is 6.08. The van der Waals surface area contributed by atoms with Gasteiger partial charge in [-0.05, 0) is 0 Å². The second kappa shape index (κ2) is 9.22. The number of carbonyl (C=O) groups is 1. The summed E-state index contributed by atoms with van der Waals surface area (Å²) < 4.78 is 0. The number of rotatable bonds is 8. The van der Waals surface area contributed by atoms with E-state index in [4.69, 9.17) is 17.2 Å². The van der Waals surface area contributed by atoms with Crippen LogP contribution in [-0.2, 0) is 30.4 Å². The van der Waals surface area contributed by atoms with E-state index in [-0.39, 0.29) is 17.8 Å². The number of nitrogens with two attached hydrogens (primary N) is 3. The van der Waals surface area contributed by atoms with Gasteiger partial charge < -0.3 is 0 Å². The number of fused-ring (bicyclic) bond motifs is 1. The molecular formula is C28H39B2N3O. The van der Waals surface area contributed by atoms with Crippen LogP contribution >= 0.6 is 0 Å². The molecule has 0 unspecified atom stereocenters. The number of hydrogen-bond donors (Lipinski definition) is 3. The summed E-state index contributed by atoms with van der Waals surface area (Å²) in [6.07, 6.45) is 7.02. The Morgan fingerprint density at radius 2 is 1.91 bits per heavy atom. The van der Waals surface area contributed by atoms with Crippen LogP contribution in [0.2, 0.25) is 0 Å². The Kier molecular flexibility index (Phi) is 6.80. The summed E-state index contributed by atoms with van der Waals surface area (Å²) in [5.41, 5.74) is 26.1. The van der Waals surface area contributed by atoms with E-state index in [1.54, 1.807) is 0 Å². The molecule has 0 saturated heterocycles. The molecule has 1 aromatic heterocycles. The molecule has 178 valence electrons. The zero-order chi connectivity index (χ0) is 24.8. The van der Waals surface area contributed by atoms with Crippen LogP contribution < -0.4 is 22.6 Å². The molecule has 2 aromatic rings. The zero-order valence-electron chi connectivity index (χ0n) is 21.3. The predicted molar refractivity (Wildman–Crippen MR) is 145 cm³/mol. The summed E-state index contributed by atoms with van der Waals surface area (Å²) in [5.74, 6) is -0.920. The predicted octanol–water partition coefficient (Wildman–Crippen LogP) is 3.38. The van der Waals surface area contributed by atoms with Gasteiger partial charge in [-0.25, -0.2) is 0 Å². The number of carbonyl (C=O) groups excluding carboxylic acids is 1. The van der Waals surface area contributed by atoms with Crippen LogP contribution in [-0.4, -0.2) is 19.3 Å². The Balaban J connectivity index is 1.81. The van der Waals surface area contributed by atoms with E-state index in [9.17, 15) is 4.79 Å². The Morgan fingerprint density at radius 3 is 2.44 bits per heavy atom. The molecule has 0 radical (unpaired) electrons. The van der Waals surface area contributed by atoms with Crippen LogP contribution in [0.4, 0.5) is 0 Å². The molecule has 1 fully saturated rings. The van der Waals surface area contributed by atoms with Crippen LogP contribution in [0.3, 0.4) is 0 Å². The molecule has 4 rings (SSSR count). The summed E-state index contributed by atoms with van der Waals surface area (Å²) in [4.78, 5) is 13.8. The molecule has 0 atom stereocenters. The number of aryl methyl sites for hydroxylation is 1. The molecule has 1 aliphatic carbocycles. The summed E-state index contributed by atoms with van der Waals surface area (Å²) in [7, 11) is 0. The number of allylic oxidation sites excluding steroid dienone is 1. The summed E-state index contributed by atoms with van der Waals surface area (Å²) in [6.45, 7) is 14.9. The second-order valence-corrected chi connectivity index (χ2v) is 11.4. The quantitative estimate of drug-likeness (QED) is 0.323. The van der Waals surface area contributed by atoms with E-state index < -0.39 is 5.79 Å². The summed E-state index contributed by atoms with van der Waals surface area (Å²) in [5, 5.41) is 1.11. The maximum absolute atomic E-state index is 13.8. The molecule has 2 heterocycles. The van der Waals surface area contributed by atoms with E-state index in [1.807, 2.05) is 12.1 Å². The average Bonchev–Trinajstić information content (AvgIpc) is 3.05. The van der Waals surface area contributed by atoms with Crippen molar-refractivity contribution in [3.8, 4) is 0 Å². The third-order valence-electron chi connectivity index (χ3n) is 7.80. The molecule has 2 aliphatic rings. The molecule has 0 spiro atoms. The van der Waals surface area contributed by atoms with Crippen molar-refractivity contribution in [2.75, 3.05) is 0 Å². The fraction of sp³-hybridized carbons (Fsp3) is 0.500. The topological polar surface area (TPSA) is 95.1 Å². The number of hydrogen-bond acceptors (Lipinski definition) is 4. The normalized spacial score (nSPS) is 17.1. The van der Waals surface area contributed by atoms with Crippen molar-refractivity contribution >= 4 is 24.7 Å². The van der Waals surface area contributed by atoms with Crippen molar-refractivity contribution in [1.29, 1.82) is 0 Å². The third-order valence-corrected chi connectivity index (χ3v) is 7.80. The Bertz CT molecular complexity index is 1130. The molecule has 6 N–H and O–H groups in total. The monoisotopic (exact) mass is 455 g/mol. The van der Waals surface area contributed by atoms with Gasteiger partial charge >= 0.3 is 206 Å². The van der Waals surface area contributed by atoms with Gasteiger partial charge in [0.15, 0.2) is 0 Å². The van der Waals surface area contributed by atoms with Gasteiger partial charge in [0.25, 0.3) is 0 Å². The van der Waals surface area contributed by atoms with Crippen molar-refractivity contribution in [3.63, 3.8) is 0 Å². The molecule has 6 heteroatoms. The van der Waals surface area contributed by atoms with E-state index >= 15 is 0 Å². The first-order chi connectivity index (χ1) is 15.9. The van der Waals surface area contributed by atoms with Gasteiger partial charge in [-0.3, -0.25) is 0 Å². The van der Waals surface area contributed by atoms with E-state index in [2.05, 4.69) is 53.3 Å². The summed E-state index contributed by atoms with van der Waals surface area (Å²) >= 11 is 0. The first-order valence-corrected chi connectivity index (χ1v) is 12.8. The molecule has 4 nitrogen and oxygen atoms in total. The second-order valence-electron chi connectivity index (χ2n) is 11.4.